The lowest BCUT2D eigenvalue weighted by Gasteiger charge is -2.30. The number of carbonyl (C=O) groups is 1. The van der Waals surface area contributed by atoms with Crippen molar-refractivity contribution >= 4 is 6.09 Å². The second kappa shape index (κ2) is 5.41. The Morgan fingerprint density at radius 3 is 2.69 bits per heavy atom. The van der Waals surface area contributed by atoms with Gasteiger partial charge in [0.15, 0.2) is 0 Å². The molecule has 1 aliphatic rings. The first-order valence-electron chi connectivity index (χ1n) is 5.43. The number of alkyl halides is 3. The van der Waals surface area contributed by atoms with Gasteiger partial charge in [-0.15, -0.1) is 0 Å². The number of halogens is 3. The first-order valence-corrected chi connectivity index (χ1v) is 5.43. The van der Waals surface area contributed by atoms with E-state index in [1.165, 1.54) is 0 Å². The second-order valence-corrected chi connectivity index (χ2v) is 3.97. The van der Waals surface area contributed by atoms with Crippen LogP contribution in [0.5, 0.6) is 0 Å². The van der Waals surface area contributed by atoms with Gasteiger partial charge in [0.25, 0.3) is 0 Å². The van der Waals surface area contributed by atoms with E-state index >= 15 is 0 Å². The quantitative estimate of drug-likeness (QED) is 0.804. The summed E-state index contributed by atoms with van der Waals surface area (Å²) in [6.07, 6.45) is -3.59. The van der Waals surface area contributed by atoms with Crippen LogP contribution in [-0.2, 0) is 4.74 Å². The van der Waals surface area contributed by atoms with Gasteiger partial charge in [-0.05, 0) is 26.2 Å². The summed E-state index contributed by atoms with van der Waals surface area (Å²) in [4.78, 5) is 11.1. The number of nitrogens with one attached hydrogen (secondary N) is 1. The van der Waals surface area contributed by atoms with Gasteiger partial charge in [0.2, 0.25) is 0 Å². The maximum absolute atomic E-state index is 12.5. The summed E-state index contributed by atoms with van der Waals surface area (Å²) >= 11 is 0. The minimum Gasteiger partial charge on any atom is -0.450 e. The van der Waals surface area contributed by atoms with Crippen molar-refractivity contribution in [1.82, 2.24) is 5.32 Å². The molecule has 6 heteroatoms. The summed E-state index contributed by atoms with van der Waals surface area (Å²) in [5.41, 5.74) is 0. The fourth-order valence-electron chi connectivity index (χ4n) is 1.96. The topological polar surface area (TPSA) is 38.3 Å². The van der Waals surface area contributed by atoms with Crippen LogP contribution in [0.25, 0.3) is 0 Å². The van der Waals surface area contributed by atoms with E-state index in [4.69, 9.17) is 0 Å². The molecule has 0 aromatic rings. The Bertz CT molecular complexity index is 243. The van der Waals surface area contributed by atoms with E-state index in [9.17, 15) is 18.0 Å². The molecule has 3 nitrogen and oxygen atoms in total. The van der Waals surface area contributed by atoms with Crippen LogP contribution in [0.1, 0.15) is 32.6 Å². The normalized spacial score (nSPS) is 26.2. The number of rotatable bonds is 2. The second-order valence-electron chi connectivity index (χ2n) is 3.97. The van der Waals surface area contributed by atoms with Gasteiger partial charge in [-0.2, -0.15) is 13.2 Å². The average molecular weight is 239 g/mol. The van der Waals surface area contributed by atoms with Crippen molar-refractivity contribution in [2.45, 2.75) is 44.8 Å². The Balaban J connectivity index is 2.42. The fraction of sp³-hybridized carbons (Fsp3) is 0.900. The zero-order chi connectivity index (χ0) is 12.2. The zero-order valence-electron chi connectivity index (χ0n) is 9.14. The van der Waals surface area contributed by atoms with Crippen molar-refractivity contribution in [3.05, 3.63) is 0 Å². The van der Waals surface area contributed by atoms with E-state index in [0.717, 1.165) is 0 Å². The van der Waals surface area contributed by atoms with Crippen LogP contribution in [0.2, 0.25) is 0 Å². The van der Waals surface area contributed by atoms with Crippen LogP contribution in [0.3, 0.4) is 0 Å². The van der Waals surface area contributed by atoms with Gasteiger partial charge in [-0.3, -0.25) is 0 Å². The van der Waals surface area contributed by atoms with E-state index < -0.39 is 24.2 Å². The number of amides is 1. The van der Waals surface area contributed by atoms with Crippen LogP contribution in [0.4, 0.5) is 18.0 Å². The molecule has 2 unspecified atom stereocenters. The molecule has 1 aliphatic carbocycles. The number of carbonyl (C=O) groups excluding carboxylic acids is 1. The van der Waals surface area contributed by atoms with Crippen LogP contribution >= 0.6 is 0 Å². The van der Waals surface area contributed by atoms with Crippen LogP contribution < -0.4 is 5.32 Å². The monoisotopic (exact) mass is 239 g/mol. The Kier molecular flexibility index (Phi) is 4.44. The molecule has 0 aromatic heterocycles. The molecule has 1 N–H and O–H groups in total. The minimum atomic E-state index is -4.16. The standard InChI is InChI=1S/C10H16F3NO2/c1-2-16-9(15)14-8-5-3-4-7(6-8)10(11,12)13/h7-8H,2-6H2,1H3,(H,14,15). The molecule has 0 saturated heterocycles. The number of ether oxygens (including phenoxy) is 1. The van der Waals surface area contributed by atoms with Crippen LogP contribution in [-0.4, -0.2) is 24.9 Å². The van der Waals surface area contributed by atoms with Gasteiger partial charge in [0.05, 0.1) is 12.5 Å². The van der Waals surface area contributed by atoms with Gasteiger partial charge in [-0.1, -0.05) is 6.42 Å². The molecule has 0 spiro atoms. The van der Waals surface area contributed by atoms with Gasteiger partial charge in [0.1, 0.15) is 0 Å². The molecule has 1 saturated carbocycles. The smallest absolute Gasteiger partial charge is 0.407 e. The van der Waals surface area contributed by atoms with Gasteiger partial charge in [0, 0.05) is 6.04 Å². The van der Waals surface area contributed by atoms with Crippen molar-refractivity contribution in [2.75, 3.05) is 6.61 Å². The Hall–Kier alpha value is -0.940. The lowest BCUT2D eigenvalue weighted by molar-refractivity contribution is -0.183. The van der Waals surface area contributed by atoms with Crippen molar-refractivity contribution in [3.8, 4) is 0 Å². The molecule has 94 valence electrons. The highest BCUT2D eigenvalue weighted by Crippen LogP contribution is 2.37. The van der Waals surface area contributed by atoms with Gasteiger partial charge >= 0.3 is 12.3 Å². The third-order valence-electron chi connectivity index (χ3n) is 2.73. The third-order valence-corrected chi connectivity index (χ3v) is 2.73. The summed E-state index contributed by atoms with van der Waals surface area (Å²) in [7, 11) is 0. The lowest BCUT2D eigenvalue weighted by atomic mass is 9.85. The highest BCUT2D eigenvalue weighted by Gasteiger charge is 2.42. The molecule has 0 heterocycles. The summed E-state index contributed by atoms with van der Waals surface area (Å²) in [5, 5.41) is 2.46. The van der Waals surface area contributed by atoms with E-state index in [1.807, 2.05) is 0 Å². The summed E-state index contributed by atoms with van der Waals surface area (Å²) in [6, 6.07) is -0.417. The third kappa shape index (κ3) is 3.90. The predicted molar refractivity (Wildman–Crippen MR) is 52.0 cm³/mol. The molecule has 2 atom stereocenters. The van der Waals surface area contributed by atoms with Gasteiger partial charge in [-0.25, -0.2) is 4.79 Å². The first-order chi connectivity index (χ1) is 7.43. The molecule has 1 amide bonds. The van der Waals surface area contributed by atoms with Crippen molar-refractivity contribution in [2.24, 2.45) is 5.92 Å². The average Bonchev–Trinajstić information content (AvgIpc) is 2.17. The largest absolute Gasteiger partial charge is 0.450 e. The molecule has 0 aromatic carbocycles. The summed E-state index contributed by atoms with van der Waals surface area (Å²) in [5.74, 6) is -1.30. The number of hydrogen-bond donors (Lipinski definition) is 1. The molecule has 0 aliphatic heterocycles. The van der Waals surface area contributed by atoms with Crippen molar-refractivity contribution in [3.63, 3.8) is 0 Å². The Labute approximate surface area is 92.3 Å². The highest BCUT2D eigenvalue weighted by molar-refractivity contribution is 5.67. The van der Waals surface area contributed by atoms with E-state index in [0.29, 0.717) is 12.8 Å². The molecular formula is C10H16F3NO2. The minimum absolute atomic E-state index is 0.0394. The van der Waals surface area contributed by atoms with E-state index in [1.54, 1.807) is 6.92 Å². The predicted octanol–water partition coefficient (Wildman–Crippen LogP) is 2.85. The molecule has 16 heavy (non-hydrogen) atoms. The number of hydrogen-bond acceptors (Lipinski definition) is 2. The van der Waals surface area contributed by atoms with Crippen LogP contribution in [0, 0.1) is 5.92 Å². The molecule has 1 rings (SSSR count). The Morgan fingerprint density at radius 1 is 1.44 bits per heavy atom. The van der Waals surface area contributed by atoms with Crippen molar-refractivity contribution < 1.29 is 22.7 Å². The molecule has 1 fully saturated rings. The van der Waals surface area contributed by atoms with Crippen LogP contribution in [0.15, 0.2) is 0 Å². The first kappa shape index (κ1) is 13.1. The number of alkyl carbamates (subject to hydrolysis) is 1. The fourth-order valence-corrected chi connectivity index (χ4v) is 1.96. The molecular weight excluding hydrogens is 223 g/mol. The van der Waals surface area contributed by atoms with Crippen molar-refractivity contribution in [1.29, 1.82) is 0 Å². The highest BCUT2D eigenvalue weighted by atomic mass is 19.4. The van der Waals surface area contributed by atoms with E-state index in [-0.39, 0.29) is 19.4 Å². The van der Waals surface area contributed by atoms with Gasteiger partial charge < -0.3 is 10.1 Å². The lowest BCUT2D eigenvalue weighted by Crippen LogP contribution is -2.41. The molecule has 0 bridgehead atoms. The SMILES string of the molecule is CCOC(=O)NC1CCCC(C(F)(F)F)C1. The van der Waals surface area contributed by atoms with E-state index in [2.05, 4.69) is 10.1 Å². The maximum Gasteiger partial charge on any atom is 0.407 e. The summed E-state index contributed by atoms with van der Waals surface area (Å²) in [6.45, 7) is 1.88. The molecule has 0 radical (unpaired) electrons. The maximum atomic E-state index is 12.5. The zero-order valence-corrected chi connectivity index (χ0v) is 9.14. The Morgan fingerprint density at radius 2 is 2.12 bits per heavy atom. The summed E-state index contributed by atoms with van der Waals surface area (Å²) < 4.78 is 42.0.